The topological polar surface area (TPSA) is 58.4 Å². The molecule has 1 aliphatic heterocycles. The molecule has 3 rings (SSSR count). The SMILES string of the molecule is CC(C)CC(=O)N1CCCCCCCCN(C(=O)CCc2ccnn2C)Cc2ccccc21. The Balaban J connectivity index is 1.82. The second-order valence-electron chi connectivity index (χ2n) is 9.65. The Morgan fingerprint density at radius 1 is 0.939 bits per heavy atom. The van der Waals surface area contributed by atoms with Crippen LogP contribution < -0.4 is 4.90 Å². The number of benzene rings is 1. The van der Waals surface area contributed by atoms with E-state index in [2.05, 4.69) is 25.0 Å². The van der Waals surface area contributed by atoms with Gasteiger partial charge in [0.15, 0.2) is 0 Å². The number of carbonyl (C=O) groups excluding carboxylic acids is 2. The van der Waals surface area contributed by atoms with Gasteiger partial charge in [0, 0.05) is 57.1 Å². The minimum Gasteiger partial charge on any atom is -0.338 e. The summed E-state index contributed by atoms with van der Waals surface area (Å²) >= 11 is 0. The van der Waals surface area contributed by atoms with Crippen LogP contribution in [0.25, 0.3) is 0 Å². The molecule has 1 aromatic heterocycles. The summed E-state index contributed by atoms with van der Waals surface area (Å²) in [6, 6.07) is 10.1. The van der Waals surface area contributed by atoms with Crippen LogP contribution in [0.4, 0.5) is 5.69 Å². The maximum absolute atomic E-state index is 13.3. The molecular formula is C27H40N4O2. The van der Waals surface area contributed by atoms with E-state index in [-0.39, 0.29) is 11.8 Å². The molecule has 2 amide bonds. The summed E-state index contributed by atoms with van der Waals surface area (Å²) in [5.74, 6) is 0.668. The number of carbonyl (C=O) groups is 2. The van der Waals surface area contributed by atoms with Gasteiger partial charge >= 0.3 is 0 Å². The zero-order valence-corrected chi connectivity index (χ0v) is 20.6. The molecule has 6 nitrogen and oxygen atoms in total. The van der Waals surface area contributed by atoms with Crippen LogP contribution >= 0.6 is 0 Å². The van der Waals surface area contributed by atoms with E-state index < -0.39 is 0 Å². The molecule has 6 heteroatoms. The third-order valence-corrected chi connectivity index (χ3v) is 6.46. The molecular weight excluding hydrogens is 412 g/mol. The molecule has 0 spiro atoms. The summed E-state index contributed by atoms with van der Waals surface area (Å²) in [5, 5.41) is 4.21. The maximum Gasteiger partial charge on any atom is 0.227 e. The first-order valence-electron chi connectivity index (χ1n) is 12.6. The number of nitrogens with zero attached hydrogens (tertiary/aromatic N) is 4. The molecule has 0 radical (unpaired) electrons. The molecule has 0 saturated heterocycles. The van der Waals surface area contributed by atoms with E-state index in [4.69, 9.17) is 0 Å². The molecule has 1 aromatic carbocycles. The average Bonchev–Trinajstić information content (AvgIpc) is 3.20. The van der Waals surface area contributed by atoms with Crippen LogP contribution in [0.2, 0.25) is 0 Å². The largest absolute Gasteiger partial charge is 0.338 e. The number of para-hydroxylation sites is 1. The van der Waals surface area contributed by atoms with Crippen molar-refractivity contribution >= 4 is 17.5 Å². The van der Waals surface area contributed by atoms with Gasteiger partial charge in [0.1, 0.15) is 0 Å². The molecule has 33 heavy (non-hydrogen) atoms. The fraction of sp³-hybridized carbons (Fsp3) is 0.593. The van der Waals surface area contributed by atoms with Gasteiger partial charge in [-0.1, -0.05) is 57.7 Å². The van der Waals surface area contributed by atoms with E-state index >= 15 is 0 Å². The van der Waals surface area contributed by atoms with Gasteiger partial charge in [-0.15, -0.1) is 0 Å². The highest BCUT2D eigenvalue weighted by Gasteiger charge is 2.22. The molecule has 0 bridgehead atoms. The summed E-state index contributed by atoms with van der Waals surface area (Å²) < 4.78 is 1.83. The van der Waals surface area contributed by atoms with Crippen molar-refractivity contribution in [1.29, 1.82) is 0 Å². The van der Waals surface area contributed by atoms with Crippen LogP contribution in [0.15, 0.2) is 36.5 Å². The van der Waals surface area contributed by atoms with E-state index in [0.717, 1.165) is 55.7 Å². The zero-order chi connectivity index (χ0) is 23.6. The van der Waals surface area contributed by atoms with Crippen molar-refractivity contribution in [3.8, 4) is 0 Å². The third kappa shape index (κ3) is 7.44. The highest BCUT2D eigenvalue weighted by Crippen LogP contribution is 2.26. The fourth-order valence-corrected chi connectivity index (χ4v) is 4.56. The second kappa shape index (κ2) is 12.6. The molecule has 1 aliphatic rings. The number of fused-ring (bicyclic) bond motifs is 1. The Labute approximate surface area is 199 Å². The first kappa shape index (κ1) is 25.0. The number of hydrogen-bond acceptors (Lipinski definition) is 3. The number of amides is 2. The predicted octanol–water partition coefficient (Wildman–Crippen LogP) is 5.11. The van der Waals surface area contributed by atoms with Crippen molar-refractivity contribution < 1.29 is 9.59 Å². The van der Waals surface area contributed by atoms with Crippen LogP contribution in [0, 0.1) is 5.92 Å². The van der Waals surface area contributed by atoms with Crippen molar-refractivity contribution in [3.05, 3.63) is 47.8 Å². The first-order valence-corrected chi connectivity index (χ1v) is 12.6. The van der Waals surface area contributed by atoms with Gasteiger partial charge in [-0.3, -0.25) is 14.3 Å². The van der Waals surface area contributed by atoms with Crippen molar-refractivity contribution in [2.45, 2.75) is 78.2 Å². The Kier molecular flexibility index (Phi) is 9.52. The Hall–Kier alpha value is -2.63. The smallest absolute Gasteiger partial charge is 0.227 e. The van der Waals surface area contributed by atoms with Crippen molar-refractivity contribution in [1.82, 2.24) is 14.7 Å². The Morgan fingerprint density at radius 3 is 2.33 bits per heavy atom. The fourth-order valence-electron chi connectivity index (χ4n) is 4.56. The molecule has 0 fully saturated rings. The number of aryl methyl sites for hydroxylation is 2. The molecule has 0 unspecified atom stereocenters. The summed E-state index contributed by atoms with van der Waals surface area (Å²) in [6.07, 6.45) is 10.2. The average molecular weight is 453 g/mol. The van der Waals surface area contributed by atoms with Crippen LogP contribution in [0.5, 0.6) is 0 Å². The van der Waals surface area contributed by atoms with Crippen molar-refractivity contribution in [2.75, 3.05) is 18.0 Å². The van der Waals surface area contributed by atoms with Crippen LogP contribution in [-0.4, -0.2) is 39.6 Å². The lowest BCUT2D eigenvalue weighted by atomic mass is 10.1. The standard InChI is InChI=1S/C27H40N4O2/c1-22(2)20-27(33)31-19-11-7-5-4-6-10-18-30(21-23-12-8-9-13-25(23)31)26(32)15-14-24-16-17-28-29(24)3/h8-9,12-13,16-17,22H,4-7,10-11,14-15,18-21H2,1-3H3. The normalized spacial score (nSPS) is 16.0. The Bertz CT molecular complexity index is 905. The van der Waals surface area contributed by atoms with E-state index in [0.29, 0.717) is 31.7 Å². The Morgan fingerprint density at radius 2 is 1.64 bits per heavy atom. The minimum absolute atomic E-state index is 0.168. The van der Waals surface area contributed by atoms with Gasteiger partial charge in [0.05, 0.1) is 0 Å². The van der Waals surface area contributed by atoms with Gasteiger partial charge in [-0.05, 0) is 42.9 Å². The van der Waals surface area contributed by atoms with Crippen molar-refractivity contribution in [2.24, 2.45) is 13.0 Å². The monoisotopic (exact) mass is 452 g/mol. The van der Waals surface area contributed by atoms with Gasteiger partial charge in [-0.2, -0.15) is 5.10 Å². The van der Waals surface area contributed by atoms with Gasteiger partial charge in [-0.25, -0.2) is 0 Å². The van der Waals surface area contributed by atoms with E-state index in [1.165, 1.54) is 12.8 Å². The van der Waals surface area contributed by atoms with Gasteiger partial charge < -0.3 is 9.80 Å². The molecule has 2 aromatic rings. The first-order chi connectivity index (χ1) is 16.0. The number of rotatable bonds is 5. The summed E-state index contributed by atoms with van der Waals surface area (Å²) in [7, 11) is 1.91. The second-order valence-corrected chi connectivity index (χ2v) is 9.65. The lowest BCUT2D eigenvalue weighted by molar-refractivity contribution is -0.131. The number of hydrogen-bond donors (Lipinski definition) is 0. The highest BCUT2D eigenvalue weighted by atomic mass is 16.2. The van der Waals surface area contributed by atoms with Crippen molar-refractivity contribution in [3.63, 3.8) is 0 Å². The minimum atomic E-state index is 0.168. The molecule has 0 saturated carbocycles. The number of aromatic nitrogens is 2. The van der Waals surface area contributed by atoms with Gasteiger partial charge in [0.25, 0.3) is 0 Å². The van der Waals surface area contributed by atoms with Crippen LogP contribution in [-0.2, 0) is 29.6 Å². The molecule has 180 valence electrons. The van der Waals surface area contributed by atoms with E-state index in [1.807, 2.05) is 45.8 Å². The van der Waals surface area contributed by atoms with Crippen LogP contribution in [0.1, 0.15) is 76.5 Å². The lowest BCUT2D eigenvalue weighted by Gasteiger charge is -2.29. The summed E-state index contributed by atoms with van der Waals surface area (Å²) in [5.41, 5.74) is 3.09. The highest BCUT2D eigenvalue weighted by molar-refractivity contribution is 5.94. The van der Waals surface area contributed by atoms with E-state index in [9.17, 15) is 9.59 Å². The van der Waals surface area contributed by atoms with E-state index in [1.54, 1.807) is 6.20 Å². The zero-order valence-electron chi connectivity index (χ0n) is 20.6. The summed E-state index contributed by atoms with van der Waals surface area (Å²) in [6.45, 7) is 6.24. The quantitative estimate of drug-likeness (QED) is 0.633. The third-order valence-electron chi connectivity index (χ3n) is 6.46. The molecule has 0 atom stereocenters. The molecule has 0 N–H and O–H groups in total. The lowest BCUT2D eigenvalue weighted by Crippen LogP contribution is -2.35. The number of anilines is 1. The summed E-state index contributed by atoms with van der Waals surface area (Å²) in [4.78, 5) is 30.4. The predicted molar refractivity (Wildman–Crippen MR) is 133 cm³/mol. The van der Waals surface area contributed by atoms with Gasteiger partial charge in [0.2, 0.25) is 11.8 Å². The molecule has 0 aliphatic carbocycles. The maximum atomic E-state index is 13.3. The van der Waals surface area contributed by atoms with Crippen LogP contribution in [0.3, 0.4) is 0 Å². The molecule has 2 heterocycles.